The third-order valence-electron chi connectivity index (χ3n) is 5.49. The van der Waals surface area contributed by atoms with Crippen molar-refractivity contribution in [1.82, 2.24) is 15.2 Å². The first-order valence-corrected chi connectivity index (χ1v) is 10.2. The molecular weight excluding hydrogens is 450 g/mol. The standard InChI is InChI=1S/C22H20F6N4O/c23-21(24,25)16-9-14(10-17(11-16)22(26,27)28)12-33-18-7-4-8-32(20-29-13-30-31-20)19(18)15-5-2-1-3-6-15/h1-3,5-6,9-11,13,18-19H,4,7-8,12H2,(H,29,30,31)/t18-,19-/m0/s1. The van der Waals surface area contributed by atoms with E-state index in [4.69, 9.17) is 4.74 Å². The lowest BCUT2D eigenvalue weighted by atomic mass is 9.92. The van der Waals surface area contributed by atoms with Crippen LogP contribution in [0.3, 0.4) is 0 Å². The van der Waals surface area contributed by atoms with Crippen LogP contribution < -0.4 is 4.90 Å². The minimum atomic E-state index is -4.91. The molecule has 1 aromatic heterocycles. The molecule has 0 unspecified atom stereocenters. The summed E-state index contributed by atoms with van der Waals surface area (Å²) in [5, 5.41) is 6.79. The zero-order chi connectivity index (χ0) is 23.6. The predicted molar refractivity (Wildman–Crippen MR) is 107 cm³/mol. The lowest BCUT2D eigenvalue weighted by molar-refractivity contribution is -0.143. The predicted octanol–water partition coefficient (Wildman–Crippen LogP) is 5.77. The highest BCUT2D eigenvalue weighted by molar-refractivity contribution is 5.38. The minimum absolute atomic E-state index is 0.113. The molecule has 0 radical (unpaired) electrons. The molecule has 2 heterocycles. The van der Waals surface area contributed by atoms with Crippen molar-refractivity contribution < 1.29 is 31.1 Å². The van der Waals surface area contributed by atoms with Gasteiger partial charge in [-0.2, -0.15) is 26.3 Å². The summed E-state index contributed by atoms with van der Waals surface area (Å²) >= 11 is 0. The highest BCUT2D eigenvalue weighted by atomic mass is 19.4. The Labute approximate surface area is 185 Å². The summed E-state index contributed by atoms with van der Waals surface area (Å²) in [4.78, 5) is 6.12. The topological polar surface area (TPSA) is 54.0 Å². The Morgan fingerprint density at radius 3 is 2.21 bits per heavy atom. The zero-order valence-corrected chi connectivity index (χ0v) is 17.2. The number of aromatic nitrogens is 3. The third-order valence-corrected chi connectivity index (χ3v) is 5.49. The Morgan fingerprint density at radius 2 is 1.64 bits per heavy atom. The molecule has 4 rings (SSSR count). The van der Waals surface area contributed by atoms with Crippen LogP contribution >= 0.6 is 0 Å². The van der Waals surface area contributed by atoms with Crippen molar-refractivity contribution >= 4 is 5.95 Å². The van der Waals surface area contributed by atoms with E-state index in [-0.39, 0.29) is 17.7 Å². The molecule has 0 amide bonds. The molecule has 3 aromatic rings. The Kier molecular flexibility index (Phi) is 6.33. The molecule has 5 nitrogen and oxygen atoms in total. The number of anilines is 1. The number of ether oxygens (including phenoxy) is 1. The van der Waals surface area contributed by atoms with Gasteiger partial charge in [0, 0.05) is 6.54 Å². The summed E-state index contributed by atoms with van der Waals surface area (Å²) < 4.78 is 85.1. The number of hydrogen-bond acceptors (Lipinski definition) is 4. The second-order valence-corrected chi connectivity index (χ2v) is 7.75. The Balaban J connectivity index is 1.62. The van der Waals surface area contributed by atoms with Gasteiger partial charge < -0.3 is 9.64 Å². The second-order valence-electron chi connectivity index (χ2n) is 7.75. The van der Waals surface area contributed by atoms with Crippen molar-refractivity contribution in [3.05, 3.63) is 77.1 Å². The molecule has 0 bridgehead atoms. The van der Waals surface area contributed by atoms with E-state index < -0.39 is 36.2 Å². The third kappa shape index (κ3) is 5.29. The molecule has 1 aliphatic heterocycles. The maximum atomic E-state index is 13.2. The van der Waals surface area contributed by atoms with Gasteiger partial charge >= 0.3 is 12.4 Å². The number of piperidine rings is 1. The Bertz CT molecular complexity index is 1020. The summed E-state index contributed by atoms with van der Waals surface area (Å²) in [5.41, 5.74) is -2.03. The molecule has 1 saturated heterocycles. The number of alkyl halides is 6. The molecule has 176 valence electrons. The van der Waals surface area contributed by atoms with Gasteiger partial charge in [-0.1, -0.05) is 30.3 Å². The average Bonchev–Trinajstić information content (AvgIpc) is 3.31. The molecule has 1 aliphatic rings. The fraction of sp³-hybridized carbons (Fsp3) is 0.364. The highest BCUT2D eigenvalue weighted by Gasteiger charge is 2.38. The van der Waals surface area contributed by atoms with E-state index in [1.165, 1.54) is 6.33 Å². The van der Waals surface area contributed by atoms with E-state index in [1.807, 2.05) is 35.2 Å². The number of nitrogens with zero attached hydrogens (tertiary/aromatic N) is 3. The van der Waals surface area contributed by atoms with E-state index in [0.29, 0.717) is 37.5 Å². The number of halogens is 6. The van der Waals surface area contributed by atoms with E-state index in [9.17, 15) is 26.3 Å². The van der Waals surface area contributed by atoms with Crippen molar-refractivity contribution in [2.24, 2.45) is 0 Å². The number of rotatable bonds is 5. The van der Waals surface area contributed by atoms with Crippen LogP contribution in [0.5, 0.6) is 0 Å². The number of nitrogens with one attached hydrogen (secondary N) is 1. The summed E-state index contributed by atoms with van der Waals surface area (Å²) in [6.45, 7) is 0.224. The zero-order valence-electron chi connectivity index (χ0n) is 17.2. The van der Waals surface area contributed by atoms with Crippen LogP contribution in [0.1, 0.15) is 41.1 Å². The Morgan fingerprint density at radius 1 is 0.970 bits per heavy atom. The van der Waals surface area contributed by atoms with Crippen LogP contribution in [0.15, 0.2) is 54.9 Å². The molecule has 11 heteroatoms. The van der Waals surface area contributed by atoms with Crippen molar-refractivity contribution in [2.45, 2.75) is 43.9 Å². The molecule has 2 aromatic carbocycles. The number of aromatic amines is 1. The van der Waals surface area contributed by atoms with Crippen molar-refractivity contribution in [3.8, 4) is 0 Å². The average molecular weight is 470 g/mol. The van der Waals surface area contributed by atoms with E-state index in [2.05, 4.69) is 15.2 Å². The summed E-state index contributed by atoms with van der Waals surface area (Å²) in [5.74, 6) is 0.440. The van der Waals surface area contributed by atoms with Gasteiger partial charge in [-0.3, -0.25) is 5.10 Å². The van der Waals surface area contributed by atoms with Gasteiger partial charge in [-0.25, -0.2) is 4.98 Å². The van der Waals surface area contributed by atoms with Crippen LogP contribution in [0.4, 0.5) is 32.3 Å². The Hall–Kier alpha value is -3.08. The lowest BCUT2D eigenvalue weighted by Crippen LogP contribution is -2.43. The maximum Gasteiger partial charge on any atom is 0.416 e. The first-order chi connectivity index (χ1) is 15.6. The van der Waals surface area contributed by atoms with Crippen LogP contribution in [0.2, 0.25) is 0 Å². The van der Waals surface area contributed by atoms with E-state index in [0.717, 1.165) is 5.56 Å². The second kappa shape index (κ2) is 9.05. The maximum absolute atomic E-state index is 13.2. The first-order valence-electron chi connectivity index (χ1n) is 10.2. The van der Waals surface area contributed by atoms with Gasteiger partial charge in [0.05, 0.1) is 29.9 Å². The summed E-state index contributed by atoms with van der Waals surface area (Å²) in [7, 11) is 0. The van der Waals surface area contributed by atoms with Gasteiger partial charge in [0.1, 0.15) is 6.33 Å². The molecule has 1 N–H and O–H groups in total. The molecule has 2 atom stereocenters. The van der Waals surface area contributed by atoms with Crippen molar-refractivity contribution in [3.63, 3.8) is 0 Å². The molecule has 33 heavy (non-hydrogen) atoms. The fourth-order valence-corrected chi connectivity index (χ4v) is 4.05. The molecule has 0 aliphatic carbocycles. The number of hydrogen-bond donors (Lipinski definition) is 1. The lowest BCUT2D eigenvalue weighted by Gasteiger charge is -2.41. The van der Waals surface area contributed by atoms with Crippen LogP contribution in [0, 0.1) is 0 Å². The fourth-order valence-electron chi connectivity index (χ4n) is 4.05. The normalized spacial score (nSPS) is 19.6. The molecule has 0 spiro atoms. The molecule has 1 fully saturated rings. The highest BCUT2D eigenvalue weighted by Crippen LogP contribution is 2.38. The quantitative estimate of drug-likeness (QED) is 0.481. The van der Waals surface area contributed by atoms with E-state index >= 15 is 0 Å². The van der Waals surface area contributed by atoms with Gasteiger partial charge in [0.15, 0.2) is 0 Å². The van der Waals surface area contributed by atoms with Gasteiger partial charge in [0.25, 0.3) is 0 Å². The van der Waals surface area contributed by atoms with Crippen molar-refractivity contribution in [1.29, 1.82) is 0 Å². The van der Waals surface area contributed by atoms with Crippen LogP contribution in [-0.4, -0.2) is 27.8 Å². The monoisotopic (exact) mass is 470 g/mol. The summed E-state index contributed by atoms with van der Waals surface area (Å²) in [6.07, 6.45) is -7.61. The minimum Gasteiger partial charge on any atom is -0.371 e. The molecule has 0 saturated carbocycles. The largest absolute Gasteiger partial charge is 0.416 e. The van der Waals surface area contributed by atoms with Crippen LogP contribution in [-0.2, 0) is 23.7 Å². The van der Waals surface area contributed by atoms with Gasteiger partial charge in [-0.05, 0) is 42.2 Å². The van der Waals surface area contributed by atoms with E-state index in [1.54, 1.807) is 0 Å². The van der Waals surface area contributed by atoms with Crippen LogP contribution in [0.25, 0.3) is 0 Å². The summed E-state index contributed by atoms with van der Waals surface area (Å²) in [6, 6.07) is 10.5. The molecular formula is C22H20F6N4O. The van der Waals surface area contributed by atoms with Gasteiger partial charge in [-0.15, -0.1) is 5.10 Å². The SMILES string of the molecule is FC(F)(F)c1cc(CO[C@H]2CCCN(c3nc[nH]n3)[C@H]2c2ccccc2)cc(C(F)(F)F)c1. The smallest absolute Gasteiger partial charge is 0.371 e. The van der Waals surface area contributed by atoms with Gasteiger partial charge in [0.2, 0.25) is 5.95 Å². The first kappa shape index (κ1) is 23.1. The van der Waals surface area contributed by atoms with Crippen molar-refractivity contribution in [2.75, 3.05) is 11.4 Å². The number of H-pyrrole nitrogens is 1. The number of benzene rings is 2.